The number of hydrogen-bond acceptors (Lipinski definition) is 5. The number of nitrogens with zero attached hydrogens (tertiary/aromatic N) is 1. The molecule has 1 aliphatic heterocycles. The molecule has 0 saturated carbocycles. The maximum Gasteiger partial charge on any atom is 0.243 e. The van der Waals surface area contributed by atoms with Crippen molar-refractivity contribution < 1.29 is 16.8 Å². The minimum absolute atomic E-state index is 0. The summed E-state index contributed by atoms with van der Waals surface area (Å²) in [5.74, 6) is 0. The van der Waals surface area contributed by atoms with Crippen LogP contribution in [0.3, 0.4) is 0 Å². The number of rotatable bonds is 3. The van der Waals surface area contributed by atoms with Crippen molar-refractivity contribution in [3.63, 3.8) is 0 Å². The van der Waals surface area contributed by atoms with Crippen LogP contribution >= 0.6 is 12.4 Å². The molecule has 1 aromatic carbocycles. The van der Waals surface area contributed by atoms with Crippen molar-refractivity contribution in [2.24, 2.45) is 11.1 Å². The number of benzene rings is 1. The first kappa shape index (κ1) is 20.4. The largest absolute Gasteiger partial charge is 0.327 e. The molecule has 132 valence electrons. The van der Waals surface area contributed by atoms with Crippen molar-refractivity contribution >= 4 is 32.3 Å². The van der Waals surface area contributed by atoms with Crippen molar-refractivity contribution in [2.75, 3.05) is 19.3 Å². The molecule has 1 fully saturated rings. The zero-order chi connectivity index (χ0) is 16.8. The van der Waals surface area contributed by atoms with Crippen molar-refractivity contribution in [3.05, 3.63) is 24.3 Å². The second kappa shape index (κ2) is 6.68. The summed E-state index contributed by atoms with van der Waals surface area (Å²) in [5, 5.41) is 0. The summed E-state index contributed by atoms with van der Waals surface area (Å²) in [5.41, 5.74) is 5.72. The number of sulfone groups is 1. The van der Waals surface area contributed by atoms with Gasteiger partial charge >= 0.3 is 0 Å². The molecule has 1 atom stereocenters. The monoisotopic (exact) mass is 382 g/mol. The third-order valence-corrected chi connectivity index (χ3v) is 7.10. The Labute approximate surface area is 144 Å². The number of hydrogen-bond donors (Lipinski definition) is 1. The molecule has 0 radical (unpaired) electrons. The summed E-state index contributed by atoms with van der Waals surface area (Å²) in [6.07, 6.45) is 1.64. The van der Waals surface area contributed by atoms with Gasteiger partial charge in [-0.15, -0.1) is 12.4 Å². The first-order valence-corrected chi connectivity index (χ1v) is 10.3. The van der Waals surface area contributed by atoms with Crippen LogP contribution in [0.2, 0.25) is 0 Å². The van der Waals surface area contributed by atoms with Crippen LogP contribution in [0, 0.1) is 5.41 Å². The van der Waals surface area contributed by atoms with Gasteiger partial charge in [0.1, 0.15) is 0 Å². The standard InChI is InChI=1S/C14H22N2O4S2.ClH/c1-14(2)10-16(8-7-13(14)15)22(19,20)12-6-4-5-11(9-12)21(3,17)18;/h4-6,9,13H,7-8,10,15H2,1-3H3;1H. The van der Waals surface area contributed by atoms with Crippen LogP contribution in [0.4, 0.5) is 0 Å². The highest BCUT2D eigenvalue weighted by atomic mass is 35.5. The average molecular weight is 383 g/mol. The Bertz CT molecular complexity index is 776. The summed E-state index contributed by atoms with van der Waals surface area (Å²) in [4.78, 5) is 0.00300. The van der Waals surface area contributed by atoms with E-state index in [-0.39, 0.29) is 33.7 Å². The Morgan fingerprint density at radius 1 is 1.17 bits per heavy atom. The van der Waals surface area contributed by atoms with Gasteiger partial charge in [0.2, 0.25) is 10.0 Å². The molecule has 6 nitrogen and oxygen atoms in total. The molecule has 9 heteroatoms. The Kier molecular flexibility index (Phi) is 5.92. The number of nitrogens with two attached hydrogens (primary N) is 1. The molecule has 0 aromatic heterocycles. The lowest BCUT2D eigenvalue weighted by Gasteiger charge is -2.41. The molecule has 1 heterocycles. The average Bonchev–Trinajstić information content (AvgIpc) is 2.41. The van der Waals surface area contributed by atoms with E-state index in [9.17, 15) is 16.8 Å². The van der Waals surface area contributed by atoms with Gasteiger partial charge in [-0.2, -0.15) is 4.31 Å². The van der Waals surface area contributed by atoms with Gasteiger partial charge in [0, 0.05) is 25.4 Å². The van der Waals surface area contributed by atoms with E-state index in [0.29, 0.717) is 19.5 Å². The molecule has 1 unspecified atom stereocenters. The lowest BCUT2D eigenvalue weighted by molar-refractivity contribution is 0.155. The van der Waals surface area contributed by atoms with E-state index in [1.54, 1.807) is 0 Å². The Balaban J connectivity index is 0.00000264. The molecular weight excluding hydrogens is 360 g/mol. The van der Waals surface area contributed by atoms with E-state index < -0.39 is 19.9 Å². The normalized spacial score (nSPS) is 22.3. The highest BCUT2D eigenvalue weighted by Gasteiger charge is 2.38. The minimum atomic E-state index is -3.73. The topological polar surface area (TPSA) is 97.5 Å². The van der Waals surface area contributed by atoms with Crippen LogP contribution in [0.15, 0.2) is 34.1 Å². The van der Waals surface area contributed by atoms with E-state index >= 15 is 0 Å². The van der Waals surface area contributed by atoms with Gasteiger partial charge in [-0.1, -0.05) is 19.9 Å². The highest BCUT2D eigenvalue weighted by Crippen LogP contribution is 2.31. The van der Waals surface area contributed by atoms with E-state index in [0.717, 1.165) is 6.26 Å². The SMILES string of the molecule is CC1(C)CN(S(=O)(=O)c2cccc(S(C)(=O)=O)c2)CCC1N.Cl. The fraction of sp³-hybridized carbons (Fsp3) is 0.571. The molecule has 1 saturated heterocycles. The molecule has 1 aromatic rings. The maximum absolute atomic E-state index is 12.8. The highest BCUT2D eigenvalue weighted by molar-refractivity contribution is 7.91. The molecule has 2 N–H and O–H groups in total. The molecule has 2 rings (SSSR count). The van der Waals surface area contributed by atoms with E-state index in [2.05, 4.69) is 0 Å². The van der Waals surface area contributed by atoms with Gasteiger partial charge in [0.05, 0.1) is 9.79 Å². The molecular formula is C14H23ClN2O4S2. The van der Waals surface area contributed by atoms with Gasteiger partial charge in [-0.25, -0.2) is 16.8 Å². The van der Waals surface area contributed by atoms with Crippen molar-refractivity contribution in [1.82, 2.24) is 4.31 Å². The summed E-state index contributed by atoms with van der Waals surface area (Å²) >= 11 is 0. The Hall–Kier alpha value is -0.670. The summed E-state index contributed by atoms with van der Waals surface area (Å²) in [7, 11) is -7.18. The second-order valence-corrected chi connectivity index (χ2v) is 10.4. The zero-order valence-corrected chi connectivity index (χ0v) is 15.8. The van der Waals surface area contributed by atoms with Crippen molar-refractivity contribution in [1.29, 1.82) is 0 Å². The predicted octanol–water partition coefficient (Wildman–Crippen LogP) is 1.26. The molecule has 1 aliphatic rings. The lowest BCUT2D eigenvalue weighted by Crippen LogP contribution is -2.53. The lowest BCUT2D eigenvalue weighted by atomic mass is 9.81. The predicted molar refractivity (Wildman–Crippen MR) is 91.9 cm³/mol. The third-order valence-electron chi connectivity index (χ3n) is 4.15. The van der Waals surface area contributed by atoms with Gasteiger partial charge in [0.15, 0.2) is 9.84 Å². The van der Waals surface area contributed by atoms with E-state index in [1.165, 1.54) is 28.6 Å². The fourth-order valence-corrected chi connectivity index (χ4v) is 4.96. The van der Waals surface area contributed by atoms with Crippen LogP contribution < -0.4 is 5.73 Å². The van der Waals surface area contributed by atoms with Crippen molar-refractivity contribution in [2.45, 2.75) is 36.1 Å². The quantitative estimate of drug-likeness (QED) is 0.848. The smallest absolute Gasteiger partial charge is 0.243 e. The van der Waals surface area contributed by atoms with Gasteiger partial charge in [-0.3, -0.25) is 0 Å². The van der Waals surface area contributed by atoms with Crippen LogP contribution in [0.1, 0.15) is 20.3 Å². The number of sulfonamides is 1. The van der Waals surface area contributed by atoms with E-state index in [1.807, 2.05) is 13.8 Å². The molecule has 23 heavy (non-hydrogen) atoms. The third kappa shape index (κ3) is 4.24. The molecule has 0 bridgehead atoms. The summed E-state index contributed by atoms with van der Waals surface area (Å²) in [6, 6.07) is 5.42. The van der Waals surface area contributed by atoms with E-state index in [4.69, 9.17) is 5.73 Å². The Morgan fingerprint density at radius 3 is 2.26 bits per heavy atom. The van der Waals surface area contributed by atoms with Crippen molar-refractivity contribution in [3.8, 4) is 0 Å². The first-order chi connectivity index (χ1) is 9.94. The second-order valence-electron chi connectivity index (χ2n) is 6.47. The van der Waals surface area contributed by atoms with Crippen LogP contribution in [-0.2, 0) is 19.9 Å². The fourth-order valence-electron chi connectivity index (χ4n) is 2.54. The summed E-state index contributed by atoms with van der Waals surface area (Å²) < 4.78 is 50.1. The zero-order valence-electron chi connectivity index (χ0n) is 13.4. The van der Waals surface area contributed by atoms with Crippen LogP contribution in [0.25, 0.3) is 0 Å². The van der Waals surface area contributed by atoms with Crippen LogP contribution in [-0.4, -0.2) is 46.5 Å². The van der Waals surface area contributed by atoms with Gasteiger partial charge < -0.3 is 5.73 Å². The maximum atomic E-state index is 12.8. The molecule has 0 amide bonds. The Morgan fingerprint density at radius 2 is 1.74 bits per heavy atom. The summed E-state index contributed by atoms with van der Waals surface area (Å²) in [6.45, 7) is 4.54. The van der Waals surface area contributed by atoms with Crippen LogP contribution in [0.5, 0.6) is 0 Å². The van der Waals surface area contributed by atoms with Gasteiger partial charge in [-0.05, 0) is 30.0 Å². The number of piperidine rings is 1. The molecule has 0 spiro atoms. The van der Waals surface area contributed by atoms with Gasteiger partial charge in [0.25, 0.3) is 0 Å². The molecule has 0 aliphatic carbocycles. The first-order valence-electron chi connectivity index (χ1n) is 7.00. The minimum Gasteiger partial charge on any atom is -0.327 e. The number of halogens is 1.